The van der Waals surface area contributed by atoms with Crippen LogP contribution >= 0.6 is 0 Å². The lowest BCUT2D eigenvalue weighted by Crippen LogP contribution is -2.10. The Morgan fingerprint density at radius 1 is 1.28 bits per heavy atom. The molecule has 0 aliphatic carbocycles. The summed E-state index contributed by atoms with van der Waals surface area (Å²) in [5, 5.41) is 3.21. The second kappa shape index (κ2) is 6.67. The Kier molecular flexibility index (Phi) is 5.21. The van der Waals surface area contributed by atoms with Gasteiger partial charge in [-0.25, -0.2) is 0 Å². The van der Waals surface area contributed by atoms with Gasteiger partial charge in [0.2, 0.25) is 0 Å². The number of hydrogen-bond acceptors (Lipinski definition) is 3. The van der Waals surface area contributed by atoms with Crippen LogP contribution in [0.4, 0.5) is 5.69 Å². The van der Waals surface area contributed by atoms with Crippen molar-refractivity contribution in [2.24, 2.45) is 5.73 Å². The predicted molar refractivity (Wildman–Crippen MR) is 80.1 cm³/mol. The van der Waals surface area contributed by atoms with Gasteiger partial charge in [0.25, 0.3) is 0 Å². The summed E-state index contributed by atoms with van der Waals surface area (Å²) in [7, 11) is 4.05. The molecule has 1 aromatic rings. The first kappa shape index (κ1) is 14.1. The van der Waals surface area contributed by atoms with Gasteiger partial charge in [0.15, 0.2) is 0 Å². The molecule has 0 unspecified atom stereocenters. The summed E-state index contributed by atoms with van der Waals surface area (Å²) in [5.41, 5.74) is 8.97. The minimum Gasteiger partial charge on any atom is -0.399 e. The Morgan fingerprint density at radius 2 is 1.89 bits per heavy atom. The second-order valence-electron chi connectivity index (χ2n) is 4.42. The van der Waals surface area contributed by atoms with Gasteiger partial charge >= 0.3 is 0 Å². The van der Waals surface area contributed by atoms with E-state index in [0.717, 1.165) is 23.5 Å². The highest BCUT2D eigenvalue weighted by molar-refractivity contribution is 5.63. The highest BCUT2D eigenvalue weighted by Gasteiger charge is 1.95. The van der Waals surface area contributed by atoms with E-state index in [0.29, 0.717) is 5.70 Å². The van der Waals surface area contributed by atoms with Crippen LogP contribution in [-0.2, 0) is 0 Å². The molecule has 0 bridgehead atoms. The molecule has 1 rings (SSSR count). The molecule has 0 aliphatic heterocycles. The summed E-state index contributed by atoms with van der Waals surface area (Å²) in [5.74, 6) is 0. The lowest BCUT2D eigenvalue weighted by atomic mass is 10.1. The maximum Gasteiger partial charge on any atom is 0.0384 e. The predicted octanol–water partition coefficient (Wildman–Crippen LogP) is 2.66. The number of likely N-dealkylation sites (N-methyl/N-ethyl adjacent to an activating group) is 1. The van der Waals surface area contributed by atoms with Gasteiger partial charge in [-0.05, 0) is 37.9 Å². The molecule has 0 saturated heterocycles. The van der Waals surface area contributed by atoms with Crippen molar-refractivity contribution in [3.63, 3.8) is 0 Å². The number of anilines is 1. The van der Waals surface area contributed by atoms with E-state index in [9.17, 15) is 0 Å². The summed E-state index contributed by atoms with van der Waals surface area (Å²) < 4.78 is 0. The molecule has 0 spiro atoms. The van der Waals surface area contributed by atoms with Crippen molar-refractivity contribution >= 4 is 11.4 Å². The average Bonchev–Trinajstić information content (AvgIpc) is 2.29. The van der Waals surface area contributed by atoms with Crippen LogP contribution < -0.4 is 11.1 Å². The Morgan fingerprint density at radius 3 is 2.39 bits per heavy atom. The molecule has 0 heterocycles. The smallest absolute Gasteiger partial charge is 0.0384 e. The third-order valence-corrected chi connectivity index (χ3v) is 2.35. The van der Waals surface area contributed by atoms with E-state index in [1.807, 2.05) is 44.4 Å². The molecule has 1 aromatic carbocycles. The van der Waals surface area contributed by atoms with Crippen LogP contribution in [0.15, 0.2) is 55.3 Å². The van der Waals surface area contributed by atoms with Gasteiger partial charge in [-0.2, -0.15) is 0 Å². The van der Waals surface area contributed by atoms with Crippen molar-refractivity contribution in [3.8, 4) is 0 Å². The fraction of sp³-hybridized carbons (Fsp3) is 0.200. The highest BCUT2D eigenvalue weighted by atomic mass is 15.0. The summed E-state index contributed by atoms with van der Waals surface area (Å²) >= 11 is 0. The standard InChI is InChI=1S/C15H21N3/c1-12(6-5-11-18(3)4)17-15-9-7-14(8-10-15)13(2)16/h5-10,17H,1-2,11,16H2,3-4H3/b6-5+. The second-order valence-corrected chi connectivity index (χ2v) is 4.42. The SMILES string of the molecule is C=C(/C=C/CN(C)C)Nc1ccc(C(=C)N)cc1. The van der Waals surface area contributed by atoms with Crippen molar-refractivity contribution in [1.29, 1.82) is 0 Å². The zero-order valence-corrected chi connectivity index (χ0v) is 11.1. The molecule has 0 aliphatic rings. The van der Waals surface area contributed by atoms with E-state index < -0.39 is 0 Å². The van der Waals surface area contributed by atoms with Crippen molar-refractivity contribution < 1.29 is 0 Å². The molecular formula is C15H21N3. The number of hydrogen-bond donors (Lipinski definition) is 2. The molecule has 96 valence electrons. The van der Waals surface area contributed by atoms with Crippen molar-refractivity contribution in [2.45, 2.75) is 0 Å². The van der Waals surface area contributed by atoms with Crippen molar-refractivity contribution in [3.05, 3.63) is 60.8 Å². The monoisotopic (exact) mass is 243 g/mol. The van der Waals surface area contributed by atoms with Crippen LogP contribution in [0.5, 0.6) is 0 Å². The number of nitrogens with two attached hydrogens (primary N) is 1. The van der Waals surface area contributed by atoms with E-state index in [2.05, 4.69) is 29.5 Å². The van der Waals surface area contributed by atoms with E-state index in [-0.39, 0.29) is 0 Å². The van der Waals surface area contributed by atoms with Gasteiger partial charge in [-0.15, -0.1) is 0 Å². The molecule has 0 saturated carbocycles. The van der Waals surface area contributed by atoms with Gasteiger partial charge in [0.1, 0.15) is 0 Å². The molecule has 0 aromatic heterocycles. The summed E-state index contributed by atoms with van der Waals surface area (Å²) in [4.78, 5) is 2.09. The first-order valence-corrected chi connectivity index (χ1v) is 5.81. The minimum absolute atomic E-state index is 0.575. The number of rotatable bonds is 6. The van der Waals surface area contributed by atoms with Gasteiger partial charge in [0.05, 0.1) is 0 Å². The Hall–Kier alpha value is -2.00. The fourth-order valence-corrected chi connectivity index (χ4v) is 1.40. The third kappa shape index (κ3) is 4.89. The van der Waals surface area contributed by atoms with Crippen LogP contribution in [0.2, 0.25) is 0 Å². The van der Waals surface area contributed by atoms with Gasteiger partial charge in [-0.3, -0.25) is 0 Å². The molecule has 3 nitrogen and oxygen atoms in total. The highest BCUT2D eigenvalue weighted by Crippen LogP contribution is 2.14. The first-order valence-electron chi connectivity index (χ1n) is 5.81. The maximum atomic E-state index is 5.61. The molecular weight excluding hydrogens is 222 g/mol. The number of benzene rings is 1. The Balaban J connectivity index is 2.54. The van der Waals surface area contributed by atoms with Crippen LogP contribution in [0.25, 0.3) is 5.70 Å². The van der Waals surface area contributed by atoms with Crippen LogP contribution in [0.3, 0.4) is 0 Å². The molecule has 18 heavy (non-hydrogen) atoms. The Bertz CT molecular complexity index is 441. The lowest BCUT2D eigenvalue weighted by Gasteiger charge is -2.08. The third-order valence-electron chi connectivity index (χ3n) is 2.35. The molecule has 3 heteroatoms. The van der Waals surface area contributed by atoms with Crippen LogP contribution in [-0.4, -0.2) is 25.5 Å². The van der Waals surface area contributed by atoms with E-state index in [1.54, 1.807) is 0 Å². The van der Waals surface area contributed by atoms with Gasteiger partial charge in [0, 0.05) is 23.6 Å². The van der Waals surface area contributed by atoms with Crippen LogP contribution in [0, 0.1) is 0 Å². The van der Waals surface area contributed by atoms with Gasteiger partial charge in [-0.1, -0.05) is 31.4 Å². The largest absolute Gasteiger partial charge is 0.399 e. The number of allylic oxidation sites excluding steroid dienone is 1. The molecule has 0 radical (unpaired) electrons. The molecule has 0 fully saturated rings. The first-order chi connectivity index (χ1) is 8.49. The minimum atomic E-state index is 0.575. The van der Waals surface area contributed by atoms with Crippen molar-refractivity contribution in [1.82, 2.24) is 4.90 Å². The van der Waals surface area contributed by atoms with E-state index >= 15 is 0 Å². The maximum absolute atomic E-state index is 5.61. The van der Waals surface area contributed by atoms with E-state index in [4.69, 9.17) is 5.73 Å². The van der Waals surface area contributed by atoms with Crippen molar-refractivity contribution in [2.75, 3.05) is 26.0 Å². The van der Waals surface area contributed by atoms with E-state index in [1.165, 1.54) is 0 Å². The Labute approximate surface area is 109 Å². The van der Waals surface area contributed by atoms with Crippen LogP contribution in [0.1, 0.15) is 5.56 Å². The average molecular weight is 243 g/mol. The summed E-state index contributed by atoms with van der Waals surface area (Å²) in [6.45, 7) is 8.54. The zero-order valence-electron chi connectivity index (χ0n) is 11.1. The topological polar surface area (TPSA) is 41.3 Å². The van der Waals surface area contributed by atoms with Gasteiger partial charge < -0.3 is 16.0 Å². The summed E-state index contributed by atoms with van der Waals surface area (Å²) in [6, 6.07) is 7.78. The lowest BCUT2D eigenvalue weighted by molar-refractivity contribution is 0.456. The summed E-state index contributed by atoms with van der Waals surface area (Å²) in [6.07, 6.45) is 4.03. The molecule has 0 atom stereocenters. The molecule has 0 amide bonds. The normalized spacial score (nSPS) is 10.8. The quantitative estimate of drug-likeness (QED) is 0.755. The fourth-order valence-electron chi connectivity index (χ4n) is 1.40. The molecule has 3 N–H and O–H groups in total. The number of nitrogens with zero attached hydrogens (tertiary/aromatic N) is 1. The zero-order chi connectivity index (χ0) is 13.5. The number of nitrogens with one attached hydrogen (secondary N) is 1.